The van der Waals surface area contributed by atoms with E-state index in [0.717, 1.165) is 0 Å². The van der Waals surface area contributed by atoms with E-state index in [1.165, 1.54) is 4.90 Å². The minimum absolute atomic E-state index is 0.0547. The van der Waals surface area contributed by atoms with Crippen molar-refractivity contribution in [2.45, 2.75) is 25.7 Å². The van der Waals surface area contributed by atoms with Crippen LogP contribution in [-0.2, 0) is 4.79 Å². The van der Waals surface area contributed by atoms with E-state index in [-0.39, 0.29) is 25.4 Å². The summed E-state index contributed by atoms with van der Waals surface area (Å²) in [7, 11) is 0. The van der Waals surface area contributed by atoms with Crippen LogP contribution in [-0.4, -0.2) is 35.0 Å². The number of carboxylic acids is 1. The van der Waals surface area contributed by atoms with E-state index in [0.29, 0.717) is 25.3 Å². The second-order valence-electron chi connectivity index (χ2n) is 5.54. The van der Waals surface area contributed by atoms with E-state index < -0.39 is 40.7 Å². The summed E-state index contributed by atoms with van der Waals surface area (Å²) in [6.45, 7) is 0.439. The van der Waals surface area contributed by atoms with E-state index in [4.69, 9.17) is 5.11 Å². The maximum absolute atomic E-state index is 13.7. The van der Waals surface area contributed by atoms with Crippen molar-refractivity contribution in [2.75, 3.05) is 13.1 Å². The fourth-order valence-corrected chi connectivity index (χ4v) is 2.71. The fourth-order valence-electron chi connectivity index (χ4n) is 2.71. The van der Waals surface area contributed by atoms with Crippen molar-refractivity contribution in [2.24, 2.45) is 5.92 Å². The number of hydrogen-bond acceptors (Lipinski definition) is 2. The first-order valence-electron chi connectivity index (χ1n) is 7.15. The molecule has 8 heteroatoms. The monoisotopic (exact) mass is 333 g/mol. The summed E-state index contributed by atoms with van der Waals surface area (Å²) < 4.78 is 53.1. The van der Waals surface area contributed by atoms with Crippen LogP contribution in [0.15, 0.2) is 6.07 Å². The molecule has 0 aromatic heterocycles. The minimum Gasteiger partial charge on any atom is -0.481 e. The zero-order chi connectivity index (χ0) is 17.1. The third kappa shape index (κ3) is 3.80. The number of benzene rings is 1. The van der Waals surface area contributed by atoms with Crippen LogP contribution in [0.2, 0.25) is 0 Å². The molecule has 1 amide bonds. The Bertz CT molecular complexity index is 636. The van der Waals surface area contributed by atoms with E-state index in [1.54, 1.807) is 0 Å². The Morgan fingerprint density at radius 2 is 1.87 bits per heavy atom. The number of aliphatic carboxylic acids is 1. The van der Waals surface area contributed by atoms with E-state index in [1.807, 2.05) is 0 Å². The molecule has 0 radical (unpaired) electrons. The predicted molar refractivity (Wildman–Crippen MR) is 71.8 cm³/mol. The van der Waals surface area contributed by atoms with Gasteiger partial charge in [-0.3, -0.25) is 9.59 Å². The molecule has 2 rings (SSSR count). The average molecular weight is 333 g/mol. The van der Waals surface area contributed by atoms with E-state index in [2.05, 4.69) is 0 Å². The van der Waals surface area contributed by atoms with Crippen LogP contribution in [0.1, 0.15) is 36.0 Å². The van der Waals surface area contributed by atoms with Crippen LogP contribution in [0.3, 0.4) is 0 Å². The van der Waals surface area contributed by atoms with Crippen molar-refractivity contribution < 1.29 is 32.3 Å². The summed E-state index contributed by atoms with van der Waals surface area (Å²) in [5.74, 6) is -9.30. The van der Waals surface area contributed by atoms with Gasteiger partial charge in [-0.15, -0.1) is 0 Å². The number of carboxylic acid groups (broad SMARTS) is 1. The Hall–Kier alpha value is -2.12. The van der Waals surface area contributed by atoms with Gasteiger partial charge in [-0.05, 0) is 31.2 Å². The molecule has 4 nitrogen and oxygen atoms in total. The molecule has 1 unspecified atom stereocenters. The van der Waals surface area contributed by atoms with Gasteiger partial charge >= 0.3 is 5.97 Å². The summed E-state index contributed by atoms with van der Waals surface area (Å²) in [6.07, 6.45) is 1.59. The average Bonchev–Trinajstić information content (AvgIpc) is 2.54. The lowest BCUT2D eigenvalue weighted by molar-refractivity contribution is -0.137. The first-order valence-corrected chi connectivity index (χ1v) is 7.15. The lowest BCUT2D eigenvalue weighted by Crippen LogP contribution is -2.40. The Morgan fingerprint density at radius 3 is 2.52 bits per heavy atom. The van der Waals surface area contributed by atoms with Gasteiger partial charge in [0.1, 0.15) is 0 Å². The highest BCUT2D eigenvalue weighted by Crippen LogP contribution is 2.25. The molecule has 1 fully saturated rings. The molecular formula is C15H15F4NO3. The molecule has 0 saturated carbocycles. The zero-order valence-electron chi connectivity index (χ0n) is 12.1. The number of halogens is 4. The highest BCUT2D eigenvalue weighted by Gasteiger charge is 2.29. The molecule has 1 aromatic carbocycles. The molecule has 1 aliphatic heterocycles. The van der Waals surface area contributed by atoms with Gasteiger partial charge in [0.05, 0.1) is 5.56 Å². The molecule has 1 N–H and O–H groups in total. The van der Waals surface area contributed by atoms with Gasteiger partial charge in [0.2, 0.25) is 0 Å². The Kier molecular flexibility index (Phi) is 5.23. The van der Waals surface area contributed by atoms with Crippen molar-refractivity contribution in [3.05, 3.63) is 34.9 Å². The Labute approximate surface area is 129 Å². The van der Waals surface area contributed by atoms with Crippen LogP contribution in [0.25, 0.3) is 0 Å². The van der Waals surface area contributed by atoms with Gasteiger partial charge in [0.15, 0.2) is 23.3 Å². The van der Waals surface area contributed by atoms with Gasteiger partial charge in [-0.25, -0.2) is 17.6 Å². The van der Waals surface area contributed by atoms with E-state index in [9.17, 15) is 27.2 Å². The molecule has 1 heterocycles. The van der Waals surface area contributed by atoms with Crippen molar-refractivity contribution in [3.63, 3.8) is 0 Å². The third-order valence-corrected chi connectivity index (χ3v) is 3.91. The number of rotatable bonds is 4. The summed E-state index contributed by atoms with van der Waals surface area (Å²) in [6, 6.07) is 0.344. The molecular weight excluding hydrogens is 318 g/mol. The molecule has 1 aliphatic rings. The van der Waals surface area contributed by atoms with Gasteiger partial charge in [-0.1, -0.05) is 0 Å². The summed E-state index contributed by atoms with van der Waals surface area (Å²) >= 11 is 0. The van der Waals surface area contributed by atoms with Crippen molar-refractivity contribution in [1.82, 2.24) is 4.90 Å². The highest BCUT2D eigenvalue weighted by atomic mass is 19.2. The largest absolute Gasteiger partial charge is 0.481 e. The third-order valence-electron chi connectivity index (χ3n) is 3.91. The van der Waals surface area contributed by atoms with Crippen molar-refractivity contribution in [1.29, 1.82) is 0 Å². The van der Waals surface area contributed by atoms with Crippen LogP contribution < -0.4 is 0 Å². The maximum atomic E-state index is 13.7. The van der Waals surface area contributed by atoms with Gasteiger partial charge < -0.3 is 10.0 Å². The maximum Gasteiger partial charge on any atom is 0.303 e. The van der Waals surface area contributed by atoms with Gasteiger partial charge in [0, 0.05) is 19.5 Å². The number of nitrogens with zero attached hydrogens (tertiary/aromatic N) is 1. The number of piperidine rings is 1. The number of hydrogen-bond donors (Lipinski definition) is 1. The quantitative estimate of drug-likeness (QED) is 0.524. The molecule has 1 saturated heterocycles. The lowest BCUT2D eigenvalue weighted by atomic mass is 9.93. The van der Waals surface area contributed by atoms with E-state index >= 15 is 0 Å². The van der Waals surface area contributed by atoms with Crippen LogP contribution in [0, 0.1) is 29.2 Å². The summed E-state index contributed by atoms with van der Waals surface area (Å²) in [5.41, 5.74) is -0.861. The van der Waals surface area contributed by atoms with Crippen LogP contribution >= 0.6 is 0 Å². The zero-order valence-corrected chi connectivity index (χ0v) is 12.1. The Morgan fingerprint density at radius 1 is 1.17 bits per heavy atom. The predicted octanol–water partition coefficient (Wildman–Crippen LogP) is 2.96. The molecule has 23 heavy (non-hydrogen) atoms. The molecule has 0 spiro atoms. The second-order valence-corrected chi connectivity index (χ2v) is 5.54. The number of carbonyl (C=O) groups excluding carboxylic acids is 1. The fraction of sp³-hybridized carbons (Fsp3) is 0.467. The molecule has 1 aromatic rings. The first-order chi connectivity index (χ1) is 10.8. The Balaban J connectivity index is 2.15. The summed E-state index contributed by atoms with van der Waals surface area (Å²) in [5, 5.41) is 8.67. The van der Waals surface area contributed by atoms with Crippen molar-refractivity contribution in [3.8, 4) is 0 Å². The topological polar surface area (TPSA) is 57.6 Å². The van der Waals surface area contributed by atoms with Gasteiger partial charge in [0.25, 0.3) is 5.91 Å². The number of amides is 1. The minimum atomic E-state index is -2.02. The lowest BCUT2D eigenvalue weighted by Gasteiger charge is -2.32. The molecule has 0 bridgehead atoms. The van der Waals surface area contributed by atoms with Crippen LogP contribution in [0.4, 0.5) is 17.6 Å². The normalized spacial score (nSPS) is 18.1. The molecule has 1 atom stereocenters. The summed E-state index contributed by atoms with van der Waals surface area (Å²) in [4.78, 5) is 24.0. The SMILES string of the molecule is O=C(O)CCC1CCCN(C(=O)c2cc(F)c(F)c(F)c2F)C1. The highest BCUT2D eigenvalue weighted by molar-refractivity contribution is 5.94. The van der Waals surface area contributed by atoms with Crippen LogP contribution in [0.5, 0.6) is 0 Å². The first kappa shape index (κ1) is 17.2. The standard InChI is InChI=1S/C15H15F4NO3/c16-10-6-9(12(17)14(19)13(10)18)15(23)20-5-1-2-8(7-20)3-4-11(21)22/h6,8H,1-5,7H2,(H,21,22). The number of likely N-dealkylation sites (tertiary alicyclic amines) is 1. The van der Waals surface area contributed by atoms with Crippen molar-refractivity contribution >= 4 is 11.9 Å². The smallest absolute Gasteiger partial charge is 0.303 e. The number of carbonyl (C=O) groups is 2. The molecule has 0 aliphatic carbocycles. The molecule has 126 valence electrons. The van der Waals surface area contributed by atoms with Gasteiger partial charge in [-0.2, -0.15) is 0 Å². The second kappa shape index (κ2) is 6.97.